The molecule has 0 radical (unpaired) electrons. The Morgan fingerprint density at radius 2 is 1.60 bits per heavy atom. The number of aliphatic hydroxyl groups is 1. The highest BCUT2D eigenvalue weighted by Crippen LogP contribution is 2.33. The number of hydrogen-bond acceptors (Lipinski definition) is 3. The first kappa shape index (κ1) is 11.7. The molecule has 0 atom stereocenters. The number of methoxy groups -OCH3 is 2. The Morgan fingerprint density at radius 3 is 1.93 bits per heavy atom. The minimum absolute atomic E-state index is 0.262. The molecule has 1 aromatic carbocycles. The molecule has 0 aromatic heterocycles. The monoisotopic (exact) mass is 218 g/mol. The van der Waals surface area contributed by atoms with Crippen molar-refractivity contribution >= 4 is 0 Å². The SMILES string of the molecule is COc1cc(OC)cc(C(F)(F)CO)c1. The number of hydrogen-bond donors (Lipinski definition) is 1. The Hall–Kier alpha value is -1.36. The maximum Gasteiger partial charge on any atom is 0.296 e. The highest BCUT2D eigenvalue weighted by atomic mass is 19.3. The summed E-state index contributed by atoms with van der Waals surface area (Å²) in [4.78, 5) is 0. The fraction of sp³-hybridized carbons (Fsp3) is 0.400. The summed E-state index contributed by atoms with van der Waals surface area (Å²) >= 11 is 0. The second-order valence-corrected chi connectivity index (χ2v) is 2.96. The van der Waals surface area contributed by atoms with E-state index in [2.05, 4.69) is 0 Å². The van der Waals surface area contributed by atoms with Gasteiger partial charge in [0.15, 0.2) is 0 Å². The van der Waals surface area contributed by atoms with E-state index in [0.29, 0.717) is 0 Å². The quantitative estimate of drug-likeness (QED) is 0.837. The van der Waals surface area contributed by atoms with Gasteiger partial charge in [0.25, 0.3) is 5.92 Å². The molecule has 5 heteroatoms. The van der Waals surface area contributed by atoms with Crippen molar-refractivity contribution in [3.8, 4) is 11.5 Å². The van der Waals surface area contributed by atoms with E-state index in [-0.39, 0.29) is 17.1 Å². The van der Waals surface area contributed by atoms with Gasteiger partial charge >= 0.3 is 0 Å². The van der Waals surface area contributed by atoms with E-state index >= 15 is 0 Å². The molecule has 1 aromatic rings. The van der Waals surface area contributed by atoms with Gasteiger partial charge in [-0.3, -0.25) is 0 Å². The molecule has 0 spiro atoms. The van der Waals surface area contributed by atoms with E-state index in [9.17, 15) is 8.78 Å². The van der Waals surface area contributed by atoms with Crippen LogP contribution in [0.4, 0.5) is 8.78 Å². The molecule has 0 bridgehead atoms. The van der Waals surface area contributed by atoms with Gasteiger partial charge in [-0.25, -0.2) is 0 Å². The molecule has 0 amide bonds. The molecule has 1 rings (SSSR count). The normalized spacial score (nSPS) is 11.3. The second-order valence-electron chi connectivity index (χ2n) is 2.96. The largest absolute Gasteiger partial charge is 0.497 e. The summed E-state index contributed by atoms with van der Waals surface area (Å²) in [6, 6.07) is 3.81. The zero-order chi connectivity index (χ0) is 11.5. The van der Waals surface area contributed by atoms with Crippen LogP contribution in [0.25, 0.3) is 0 Å². The number of halogens is 2. The van der Waals surface area contributed by atoms with Gasteiger partial charge in [0.05, 0.1) is 14.2 Å². The van der Waals surface area contributed by atoms with Crippen molar-refractivity contribution in [2.75, 3.05) is 20.8 Å². The molecule has 0 aliphatic carbocycles. The maximum absolute atomic E-state index is 13.2. The molecule has 0 fully saturated rings. The minimum atomic E-state index is -3.29. The highest BCUT2D eigenvalue weighted by Gasteiger charge is 2.31. The predicted octanol–water partition coefficient (Wildman–Crippen LogP) is 1.79. The van der Waals surface area contributed by atoms with Gasteiger partial charge in [0.1, 0.15) is 18.1 Å². The van der Waals surface area contributed by atoms with Crippen molar-refractivity contribution in [2.24, 2.45) is 0 Å². The standard InChI is InChI=1S/C10H12F2O3/c1-14-8-3-7(10(11,12)6-13)4-9(5-8)15-2/h3-5,13H,6H2,1-2H3. The lowest BCUT2D eigenvalue weighted by Crippen LogP contribution is -2.18. The zero-order valence-electron chi connectivity index (χ0n) is 8.46. The fourth-order valence-corrected chi connectivity index (χ4v) is 1.11. The summed E-state index contributed by atoms with van der Waals surface area (Å²) in [5, 5.41) is 8.54. The average Bonchev–Trinajstić information content (AvgIpc) is 2.28. The topological polar surface area (TPSA) is 38.7 Å². The Labute approximate surface area is 86.2 Å². The molecule has 0 unspecified atom stereocenters. The van der Waals surface area contributed by atoms with Crippen LogP contribution < -0.4 is 9.47 Å². The van der Waals surface area contributed by atoms with Crippen molar-refractivity contribution < 1.29 is 23.4 Å². The van der Waals surface area contributed by atoms with Gasteiger partial charge < -0.3 is 14.6 Å². The number of rotatable bonds is 4. The first-order valence-corrected chi connectivity index (χ1v) is 4.25. The van der Waals surface area contributed by atoms with Crippen LogP contribution >= 0.6 is 0 Å². The van der Waals surface area contributed by atoms with Crippen LogP contribution in [0.1, 0.15) is 5.56 Å². The smallest absolute Gasteiger partial charge is 0.296 e. The summed E-state index contributed by atoms with van der Waals surface area (Å²) in [6.07, 6.45) is 0. The van der Waals surface area contributed by atoms with E-state index in [1.807, 2.05) is 0 Å². The first-order valence-electron chi connectivity index (χ1n) is 4.25. The third-order valence-electron chi connectivity index (χ3n) is 1.97. The predicted molar refractivity (Wildman–Crippen MR) is 50.5 cm³/mol. The molecule has 0 heterocycles. The average molecular weight is 218 g/mol. The van der Waals surface area contributed by atoms with E-state index in [1.54, 1.807) is 0 Å². The van der Waals surface area contributed by atoms with E-state index in [0.717, 1.165) is 0 Å². The first-order chi connectivity index (χ1) is 7.03. The zero-order valence-corrected chi connectivity index (χ0v) is 8.46. The van der Waals surface area contributed by atoms with Crippen molar-refractivity contribution in [1.82, 2.24) is 0 Å². The van der Waals surface area contributed by atoms with E-state index in [1.165, 1.54) is 32.4 Å². The molecule has 0 aliphatic heterocycles. The molecule has 3 nitrogen and oxygen atoms in total. The summed E-state index contributed by atoms with van der Waals surface area (Å²) in [7, 11) is 2.74. The van der Waals surface area contributed by atoms with E-state index in [4.69, 9.17) is 14.6 Å². The summed E-state index contributed by atoms with van der Waals surface area (Å²) in [5.74, 6) is -2.77. The van der Waals surface area contributed by atoms with Crippen molar-refractivity contribution in [1.29, 1.82) is 0 Å². The third kappa shape index (κ3) is 2.56. The van der Waals surface area contributed by atoms with Crippen LogP contribution in [0.2, 0.25) is 0 Å². The molecular formula is C10H12F2O3. The molecule has 15 heavy (non-hydrogen) atoms. The lowest BCUT2D eigenvalue weighted by atomic mass is 10.1. The molecule has 1 N–H and O–H groups in total. The Bertz CT molecular complexity index is 317. The van der Waals surface area contributed by atoms with Crippen LogP contribution in [0.15, 0.2) is 18.2 Å². The van der Waals surface area contributed by atoms with Crippen LogP contribution in [-0.4, -0.2) is 25.9 Å². The van der Waals surface area contributed by atoms with Gasteiger partial charge in [-0.15, -0.1) is 0 Å². The van der Waals surface area contributed by atoms with Gasteiger partial charge in [-0.2, -0.15) is 8.78 Å². The third-order valence-corrected chi connectivity index (χ3v) is 1.97. The van der Waals surface area contributed by atoms with Crippen LogP contribution in [-0.2, 0) is 5.92 Å². The maximum atomic E-state index is 13.2. The summed E-state index contributed by atoms with van der Waals surface area (Å²) < 4.78 is 36.0. The number of aliphatic hydroxyl groups excluding tert-OH is 1. The van der Waals surface area contributed by atoms with Gasteiger partial charge in [0, 0.05) is 11.6 Å². The second kappa shape index (κ2) is 4.44. The van der Waals surface area contributed by atoms with Gasteiger partial charge in [-0.05, 0) is 12.1 Å². The summed E-state index contributed by atoms with van der Waals surface area (Å²) in [6.45, 7) is -1.25. The molecule has 84 valence electrons. The molecule has 0 aliphatic rings. The Kier molecular flexibility index (Phi) is 3.47. The van der Waals surface area contributed by atoms with Crippen molar-refractivity contribution in [2.45, 2.75) is 5.92 Å². The number of alkyl halides is 2. The van der Waals surface area contributed by atoms with E-state index < -0.39 is 12.5 Å². The molecule has 0 saturated carbocycles. The Morgan fingerprint density at radius 1 is 1.13 bits per heavy atom. The van der Waals surface area contributed by atoms with Crippen LogP contribution in [0.3, 0.4) is 0 Å². The van der Waals surface area contributed by atoms with Crippen LogP contribution in [0.5, 0.6) is 11.5 Å². The Balaban J connectivity index is 3.18. The summed E-state index contributed by atoms with van der Waals surface area (Å²) in [5.41, 5.74) is -0.332. The lowest BCUT2D eigenvalue weighted by molar-refractivity contribution is -0.0558. The lowest BCUT2D eigenvalue weighted by Gasteiger charge is -2.15. The minimum Gasteiger partial charge on any atom is -0.497 e. The van der Waals surface area contributed by atoms with Crippen LogP contribution in [0, 0.1) is 0 Å². The molecule has 0 saturated heterocycles. The fourth-order valence-electron chi connectivity index (χ4n) is 1.11. The molecular weight excluding hydrogens is 206 g/mol. The number of ether oxygens (including phenoxy) is 2. The van der Waals surface area contributed by atoms with Crippen molar-refractivity contribution in [3.63, 3.8) is 0 Å². The van der Waals surface area contributed by atoms with Gasteiger partial charge in [-0.1, -0.05) is 0 Å². The number of benzene rings is 1. The van der Waals surface area contributed by atoms with Crippen molar-refractivity contribution in [3.05, 3.63) is 23.8 Å². The van der Waals surface area contributed by atoms with Gasteiger partial charge in [0.2, 0.25) is 0 Å². The highest BCUT2D eigenvalue weighted by molar-refractivity contribution is 5.40.